The number of aromatic hydroxyl groups is 1. The summed E-state index contributed by atoms with van der Waals surface area (Å²) < 4.78 is 51.4. The molecule has 3 aromatic rings. The maximum Gasteiger partial charge on any atom is 0.490 e. The number of ether oxygens (including phenoxy) is 1. The van der Waals surface area contributed by atoms with Crippen molar-refractivity contribution in [3.8, 4) is 11.5 Å². The number of nitrogens with zero attached hydrogens (tertiary/aromatic N) is 1. The van der Waals surface area contributed by atoms with Crippen molar-refractivity contribution < 1.29 is 42.1 Å². The van der Waals surface area contributed by atoms with Crippen LogP contribution in [0, 0.1) is 5.82 Å². The van der Waals surface area contributed by atoms with Gasteiger partial charge in [-0.1, -0.05) is 24.6 Å². The first-order valence-corrected chi connectivity index (χ1v) is 14.1. The van der Waals surface area contributed by atoms with E-state index in [2.05, 4.69) is 24.4 Å². The zero-order valence-electron chi connectivity index (χ0n) is 23.6. The highest BCUT2D eigenvalue weighted by molar-refractivity contribution is 5.94. The van der Waals surface area contributed by atoms with Crippen LogP contribution in [0.4, 0.5) is 17.6 Å². The van der Waals surface area contributed by atoms with Crippen LogP contribution in [-0.2, 0) is 17.6 Å². The fraction of sp³-hybridized carbons (Fsp3) is 0.375. The molecule has 11 heteroatoms. The number of phenols is 1. The molecule has 43 heavy (non-hydrogen) atoms. The Balaban J connectivity index is 0.000000541. The molecular weight excluding hydrogens is 568 g/mol. The number of hydrogen-bond acceptors (Lipinski definition) is 5. The Morgan fingerprint density at radius 3 is 2.33 bits per heavy atom. The van der Waals surface area contributed by atoms with E-state index in [4.69, 9.17) is 14.6 Å². The quantitative estimate of drug-likeness (QED) is 0.297. The van der Waals surface area contributed by atoms with Crippen LogP contribution >= 0.6 is 0 Å². The second kappa shape index (κ2) is 13.9. The van der Waals surface area contributed by atoms with Crippen molar-refractivity contribution in [2.75, 3.05) is 13.1 Å². The van der Waals surface area contributed by atoms with Crippen molar-refractivity contribution in [1.82, 2.24) is 10.2 Å². The first-order chi connectivity index (χ1) is 20.4. The molecular formula is C32H34F4N2O5. The van der Waals surface area contributed by atoms with Gasteiger partial charge in [0, 0.05) is 18.2 Å². The second-order valence-corrected chi connectivity index (χ2v) is 10.7. The molecule has 2 aliphatic heterocycles. The van der Waals surface area contributed by atoms with E-state index in [0.29, 0.717) is 31.0 Å². The number of hydrogen-bond donors (Lipinski definition) is 3. The lowest BCUT2D eigenvalue weighted by Crippen LogP contribution is -2.44. The summed E-state index contributed by atoms with van der Waals surface area (Å²) in [6.45, 7) is 3.69. The van der Waals surface area contributed by atoms with Gasteiger partial charge in [-0.2, -0.15) is 13.2 Å². The normalized spacial score (nSPS) is 19.0. The van der Waals surface area contributed by atoms with Crippen LogP contribution in [0.25, 0.3) is 0 Å². The van der Waals surface area contributed by atoms with Crippen molar-refractivity contribution in [3.05, 3.63) is 94.8 Å². The lowest BCUT2D eigenvalue weighted by atomic mass is 9.88. The molecule has 0 aliphatic carbocycles. The molecule has 1 fully saturated rings. The van der Waals surface area contributed by atoms with Gasteiger partial charge in [0.05, 0.1) is 6.04 Å². The number of benzene rings is 3. The molecule has 0 spiro atoms. The number of fused-ring (bicyclic) bond motifs is 1. The number of piperidine rings is 1. The molecule has 1 saturated heterocycles. The molecule has 0 saturated carbocycles. The summed E-state index contributed by atoms with van der Waals surface area (Å²) in [5.74, 6) is -2.17. The third-order valence-electron chi connectivity index (χ3n) is 7.67. The van der Waals surface area contributed by atoms with E-state index in [1.165, 1.54) is 37.1 Å². The fourth-order valence-electron chi connectivity index (χ4n) is 5.42. The molecule has 1 amide bonds. The van der Waals surface area contributed by atoms with Crippen LogP contribution < -0.4 is 10.1 Å². The van der Waals surface area contributed by atoms with Crippen LogP contribution in [0.15, 0.2) is 66.7 Å². The smallest absolute Gasteiger partial charge is 0.490 e. The van der Waals surface area contributed by atoms with Crippen LogP contribution in [-0.4, -0.2) is 58.4 Å². The van der Waals surface area contributed by atoms with E-state index in [0.717, 1.165) is 35.4 Å². The van der Waals surface area contributed by atoms with Crippen molar-refractivity contribution >= 4 is 11.9 Å². The summed E-state index contributed by atoms with van der Waals surface area (Å²) in [7, 11) is 0. The zero-order valence-corrected chi connectivity index (χ0v) is 23.6. The number of carbonyl (C=O) groups excluding carboxylic acids is 1. The number of nitrogens with one attached hydrogen (secondary N) is 1. The van der Waals surface area contributed by atoms with Crippen molar-refractivity contribution in [3.63, 3.8) is 0 Å². The molecule has 3 unspecified atom stereocenters. The lowest BCUT2D eigenvalue weighted by Gasteiger charge is -2.38. The average molecular weight is 603 g/mol. The Bertz CT molecular complexity index is 1390. The summed E-state index contributed by atoms with van der Waals surface area (Å²) in [6, 6.07) is 19.4. The number of aliphatic carboxylic acids is 1. The zero-order chi connectivity index (χ0) is 31.1. The number of rotatable bonds is 6. The van der Waals surface area contributed by atoms with E-state index in [-0.39, 0.29) is 29.6 Å². The van der Waals surface area contributed by atoms with Gasteiger partial charge in [-0.05, 0) is 104 Å². The first kappa shape index (κ1) is 31.8. The van der Waals surface area contributed by atoms with Gasteiger partial charge in [-0.3, -0.25) is 4.79 Å². The number of phenolic OH excluding ortho intramolecular Hbond substituents is 1. The van der Waals surface area contributed by atoms with Gasteiger partial charge in [0.2, 0.25) is 0 Å². The minimum atomic E-state index is -5.08. The summed E-state index contributed by atoms with van der Waals surface area (Å²) in [5.41, 5.74) is 3.65. The number of halogens is 4. The third kappa shape index (κ3) is 8.47. The molecule has 230 valence electrons. The van der Waals surface area contributed by atoms with Crippen molar-refractivity contribution in [2.24, 2.45) is 0 Å². The van der Waals surface area contributed by atoms with Crippen molar-refractivity contribution in [1.29, 1.82) is 0 Å². The molecule has 0 bridgehead atoms. The number of carbonyl (C=O) groups is 2. The van der Waals surface area contributed by atoms with Gasteiger partial charge in [-0.25, -0.2) is 9.18 Å². The molecule has 0 aromatic heterocycles. The van der Waals surface area contributed by atoms with Gasteiger partial charge in [0.25, 0.3) is 5.91 Å². The van der Waals surface area contributed by atoms with Gasteiger partial charge >= 0.3 is 12.1 Å². The predicted molar refractivity (Wildman–Crippen MR) is 152 cm³/mol. The van der Waals surface area contributed by atoms with E-state index in [1.54, 1.807) is 12.1 Å². The highest BCUT2D eigenvalue weighted by atomic mass is 19.4. The number of carboxylic acids is 1. The highest BCUT2D eigenvalue weighted by Gasteiger charge is 2.38. The van der Waals surface area contributed by atoms with Crippen molar-refractivity contribution in [2.45, 2.75) is 63.4 Å². The molecule has 2 heterocycles. The Kier molecular flexibility index (Phi) is 10.3. The van der Waals surface area contributed by atoms with Crippen LogP contribution in [0.1, 0.15) is 59.3 Å². The molecule has 3 atom stereocenters. The molecule has 5 rings (SSSR count). The molecule has 3 N–H and O–H groups in total. The van der Waals surface area contributed by atoms with Crippen LogP contribution in [0.3, 0.4) is 0 Å². The van der Waals surface area contributed by atoms with E-state index < -0.39 is 12.1 Å². The van der Waals surface area contributed by atoms with E-state index >= 15 is 0 Å². The SMILES string of the molecule is CC(Oc1ccc(CC2c3ccc(O)cc3CCN2C(=O)c2ccc(F)cc2)cc1)C1CCCCN1.O=C(O)C(F)(F)F. The second-order valence-electron chi connectivity index (χ2n) is 10.7. The Morgan fingerprint density at radius 1 is 1.05 bits per heavy atom. The topological polar surface area (TPSA) is 99.1 Å². The minimum absolute atomic E-state index is 0.0953. The molecule has 0 radical (unpaired) electrons. The van der Waals surface area contributed by atoms with Gasteiger partial charge < -0.3 is 25.2 Å². The molecule has 3 aromatic carbocycles. The average Bonchev–Trinajstić information content (AvgIpc) is 2.98. The highest BCUT2D eigenvalue weighted by Crippen LogP contribution is 2.35. The monoisotopic (exact) mass is 602 g/mol. The van der Waals surface area contributed by atoms with Crippen LogP contribution in [0.2, 0.25) is 0 Å². The summed E-state index contributed by atoms with van der Waals surface area (Å²) in [4.78, 5) is 24.2. The predicted octanol–water partition coefficient (Wildman–Crippen LogP) is 6.06. The molecule has 7 nitrogen and oxygen atoms in total. The van der Waals surface area contributed by atoms with E-state index in [1.807, 2.05) is 23.1 Å². The number of carboxylic acid groups (broad SMARTS) is 1. The Hall–Kier alpha value is -4.12. The lowest BCUT2D eigenvalue weighted by molar-refractivity contribution is -0.192. The summed E-state index contributed by atoms with van der Waals surface area (Å²) in [6.07, 6.45) is -0.107. The number of alkyl halides is 3. The molecule has 2 aliphatic rings. The maximum atomic E-state index is 13.4. The fourth-order valence-corrected chi connectivity index (χ4v) is 5.42. The standard InChI is InChI=1S/C30H33FN2O3.C2HF3O2/c1-20(28-4-2-3-16-32-28)36-26-12-5-21(6-13-26)18-29-27-14-11-25(34)19-23(27)15-17-33(29)30(35)22-7-9-24(31)10-8-22;3-2(4,5)1(6)7/h5-14,19-20,28-29,32,34H,2-4,15-18H2,1H3;(H,6,7). The largest absolute Gasteiger partial charge is 0.508 e. The maximum absolute atomic E-state index is 13.4. The third-order valence-corrected chi connectivity index (χ3v) is 7.67. The Morgan fingerprint density at radius 2 is 1.72 bits per heavy atom. The van der Waals surface area contributed by atoms with Gasteiger partial charge in [0.15, 0.2) is 0 Å². The Labute approximate surface area is 247 Å². The van der Waals surface area contributed by atoms with Gasteiger partial charge in [-0.15, -0.1) is 0 Å². The first-order valence-electron chi connectivity index (χ1n) is 14.1. The van der Waals surface area contributed by atoms with E-state index in [9.17, 15) is 27.5 Å². The number of amides is 1. The van der Waals surface area contributed by atoms with Crippen LogP contribution in [0.5, 0.6) is 11.5 Å². The minimum Gasteiger partial charge on any atom is -0.508 e. The summed E-state index contributed by atoms with van der Waals surface area (Å²) >= 11 is 0. The van der Waals surface area contributed by atoms with Gasteiger partial charge in [0.1, 0.15) is 23.4 Å². The summed E-state index contributed by atoms with van der Waals surface area (Å²) in [5, 5.41) is 20.7.